The van der Waals surface area contributed by atoms with Crippen molar-refractivity contribution < 1.29 is 14.7 Å². The topological polar surface area (TPSA) is 98.2 Å². The van der Waals surface area contributed by atoms with E-state index in [1.807, 2.05) is 0 Å². The normalized spacial score (nSPS) is 10.6. The monoisotopic (exact) mass is 233 g/mol. The number of carboxylic acids is 1. The van der Waals surface area contributed by atoms with Gasteiger partial charge in [0.1, 0.15) is 17.9 Å². The van der Waals surface area contributed by atoms with Crippen LogP contribution in [0.2, 0.25) is 0 Å². The largest absolute Gasteiger partial charge is 0.478 e. The first-order valence-electron chi connectivity index (χ1n) is 4.98. The lowest BCUT2D eigenvalue weighted by Gasteiger charge is -2.03. The summed E-state index contributed by atoms with van der Waals surface area (Å²) in [6.45, 7) is 1.69. The van der Waals surface area contributed by atoms with Crippen LogP contribution in [0.25, 0.3) is 11.0 Å². The average molecular weight is 233 g/mol. The van der Waals surface area contributed by atoms with Gasteiger partial charge in [0.2, 0.25) is 5.91 Å². The van der Waals surface area contributed by atoms with Crippen LogP contribution in [0.15, 0.2) is 18.2 Å². The maximum Gasteiger partial charge on any atom is 0.337 e. The molecular formula is C11H11N3O3. The fourth-order valence-corrected chi connectivity index (χ4v) is 1.79. The van der Waals surface area contributed by atoms with Crippen molar-refractivity contribution in [2.24, 2.45) is 5.73 Å². The van der Waals surface area contributed by atoms with Crippen molar-refractivity contribution in [3.63, 3.8) is 0 Å². The van der Waals surface area contributed by atoms with Crippen LogP contribution >= 0.6 is 0 Å². The Morgan fingerprint density at radius 2 is 2.18 bits per heavy atom. The fourth-order valence-electron chi connectivity index (χ4n) is 1.79. The molecule has 6 heteroatoms. The van der Waals surface area contributed by atoms with Gasteiger partial charge in [0.25, 0.3) is 0 Å². The molecule has 2 aromatic rings. The van der Waals surface area contributed by atoms with E-state index < -0.39 is 11.9 Å². The molecule has 17 heavy (non-hydrogen) atoms. The van der Waals surface area contributed by atoms with Gasteiger partial charge in [-0.15, -0.1) is 0 Å². The van der Waals surface area contributed by atoms with Gasteiger partial charge in [0.05, 0.1) is 11.1 Å². The summed E-state index contributed by atoms with van der Waals surface area (Å²) in [6, 6.07) is 4.81. The molecule has 88 valence electrons. The zero-order chi connectivity index (χ0) is 12.6. The molecule has 2 rings (SSSR count). The van der Waals surface area contributed by atoms with Crippen molar-refractivity contribution in [3.05, 3.63) is 29.6 Å². The molecule has 3 N–H and O–H groups in total. The lowest BCUT2D eigenvalue weighted by Crippen LogP contribution is -2.19. The number of nitrogens with zero attached hydrogens (tertiary/aromatic N) is 2. The van der Waals surface area contributed by atoms with Gasteiger partial charge in [-0.05, 0) is 19.1 Å². The summed E-state index contributed by atoms with van der Waals surface area (Å²) in [5, 5.41) is 9.02. The van der Waals surface area contributed by atoms with E-state index in [2.05, 4.69) is 4.98 Å². The Morgan fingerprint density at radius 3 is 2.76 bits per heavy atom. The number of carbonyl (C=O) groups excluding carboxylic acids is 1. The maximum atomic E-state index is 11.0. The molecule has 1 amide bonds. The minimum Gasteiger partial charge on any atom is -0.478 e. The Balaban J connectivity index is 2.71. The van der Waals surface area contributed by atoms with E-state index in [0.29, 0.717) is 16.9 Å². The first kappa shape index (κ1) is 11.1. The minimum atomic E-state index is -1.04. The number of nitrogens with two attached hydrogens (primary N) is 1. The molecule has 0 radical (unpaired) electrons. The smallest absolute Gasteiger partial charge is 0.337 e. The highest BCUT2D eigenvalue weighted by Gasteiger charge is 2.15. The highest BCUT2D eigenvalue weighted by molar-refractivity contribution is 6.01. The van der Waals surface area contributed by atoms with Crippen LogP contribution in [0, 0.1) is 6.92 Å². The summed E-state index contributed by atoms with van der Waals surface area (Å²) in [7, 11) is 0. The van der Waals surface area contributed by atoms with Gasteiger partial charge in [0, 0.05) is 0 Å². The molecule has 1 aromatic heterocycles. The molecule has 0 aliphatic heterocycles. The van der Waals surface area contributed by atoms with Crippen LogP contribution in [-0.4, -0.2) is 26.5 Å². The molecule has 0 bridgehead atoms. The van der Waals surface area contributed by atoms with Crippen LogP contribution in [0.4, 0.5) is 0 Å². The van der Waals surface area contributed by atoms with E-state index >= 15 is 0 Å². The van der Waals surface area contributed by atoms with Crippen molar-refractivity contribution in [1.29, 1.82) is 0 Å². The zero-order valence-electron chi connectivity index (χ0n) is 9.17. The highest BCUT2D eigenvalue weighted by Crippen LogP contribution is 2.19. The lowest BCUT2D eigenvalue weighted by molar-refractivity contribution is -0.118. The van der Waals surface area contributed by atoms with E-state index in [4.69, 9.17) is 10.8 Å². The molecule has 6 nitrogen and oxygen atoms in total. The Kier molecular flexibility index (Phi) is 2.55. The number of primary amides is 1. The predicted octanol–water partition coefficient (Wildman–Crippen LogP) is 0.528. The molecule has 0 unspecified atom stereocenters. The molecule has 1 aromatic carbocycles. The van der Waals surface area contributed by atoms with Gasteiger partial charge >= 0.3 is 5.97 Å². The highest BCUT2D eigenvalue weighted by atomic mass is 16.4. The first-order chi connectivity index (χ1) is 8.00. The summed E-state index contributed by atoms with van der Waals surface area (Å²) < 4.78 is 1.60. The van der Waals surface area contributed by atoms with E-state index in [-0.39, 0.29) is 12.1 Å². The molecule has 0 fully saturated rings. The lowest BCUT2D eigenvalue weighted by atomic mass is 10.2. The number of carbonyl (C=O) groups is 2. The van der Waals surface area contributed by atoms with Gasteiger partial charge in [-0.2, -0.15) is 0 Å². The Hall–Kier alpha value is -2.37. The van der Waals surface area contributed by atoms with Crippen molar-refractivity contribution in [3.8, 4) is 0 Å². The van der Waals surface area contributed by atoms with E-state index in [0.717, 1.165) is 0 Å². The number of rotatable bonds is 3. The second-order valence-corrected chi connectivity index (χ2v) is 3.69. The maximum absolute atomic E-state index is 11.0. The number of hydrogen-bond donors (Lipinski definition) is 2. The number of aromatic nitrogens is 2. The first-order valence-corrected chi connectivity index (χ1v) is 4.98. The number of imidazole rings is 1. The van der Waals surface area contributed by atoms with Gasteiger partial charge in [0.15, 0.2) is 0 Å². The van der Waals surface area contributed by atoms with Crippen LogP contribution in [0.1, 0.15) is 16.2 Å². The number of benzene rings is 1. The molecule has 0 aliphatic rings. The van der Waals surface area contributed by atoms with E-state index in [1.54, 1.807) is 23.6 Å². The third-order valence-electron chi connectivity index (χ3n) is 2.51. The van der Waals surface area contributed by atoms with Gasteiger partial charge in [-0.1, -0.05) is 6.07 Å². The van der Waals surface area contributed by atoms with Crippen molar-refractivity contribution >= 4 is 22.9 Å². The number of aryl methyl sites for hydroxylation is 1. The second-order valence-electron chi connectivity index (χ2n) is 3.69. The van der Waals surface area contributed by atoms with E-state index in [9.17, 15) is 9.59 Å². The Labute approximate surface area is 96.7 Å². The summed E-state index contributed by atoms with van der Waals surface area (Å²) in [6.07, 6.45) is 0. The molecule has 0 atom stereocenters. The summed E-state index contributed by atoms with van der Waals surface area (Å²) in [5.74, 6) is -0.972. The van der Waals surface area contributed by atoms with Crippen LogP contribution in [-0.2, 0) is 11.3 Å². The fraction of sp³-hybridized carbons (Fsp3) is 0.182. The number of amides is 1. The minimum absolute atomic E-state index is 0.00853. The third-order valence-corrected chi connectivity index (χ3v) is 2.51. The molecule has 0 aliphatic carbocycles. The number of carboxylic acid groups (broad SMARTS) is 1. The summed E-state index contributed by atoms with van der Waals surface area (Å²) >= 11 is 0. The second kappa shape index (κ2) is 3.89. The SMILES string of the molecule is Cc1nc2c(C(=O)O)cccc2n1CC(N)=O. The molecule has 1 heterocycles. The Morgan fingerprint density at radius 1 is 1.47 bits per heavy atom. The van der Waals surface area contributed by atoms with Gasteiger partial charge in [-0.3, -0.25) is 4.79 Å². The standard InChI is InChI=1S/C11H11N3O3/c1-6-13-10-7(11(16)17)3-2-4-8(10)14(6)5-9(12)15/h2-4H,5H2,1H3,(H2,12,15)(H,16,17). The van der Waals surface area contributed by atoms with Crippen LogP contribution < -0.4 is 5.73 Å². The number of para-hydroxylation sites is 1. The van der Waals surface area contributed by atoms with Gasteiger partial charge < -0.3 is 15.4 Å². The summed E-state index contributed by atoms with van der Waals surface area (Å²) in [5.41, 5.74) is 6.23. The molecule has 0 saturated heterocycles. The van der Waals surface area contributed by atoms with Crippen molar-refractivity contribution in [1.82, 2.24) is 9.55 Å². The molecular weight excluding hydrogens is 222 g/mol. The quantitative estimate of drug-likeness (QED) is 0.807. The van der Waals surface area contributed by atoms with Crippen molar-refractivity contribution in [2.45, 2.75) is 13.5 Å². The van der Waals surface area contributed by atoms with Crippen LogP contribution in [0.3, 0.4) is 0 Å². The Bertz CT molecular complexity index is 616. The van der Waals surface area contributed by atoms with Crippen LogP contribution in [0.5, 0.6) is 0 Å². The molecule has 0 saturated carbocycles. The van der Waals surface area contributed by atoms with E-state index in [1.165, 1.54) is 6.07 Å². The molecule has 0 spiro atoms. The number of hydrogen-bond acceptors (Lipinski definition) is 3. The zero-order valence-corrected chi connectivity index (χ0v) is 9.17. The predicted molar refractivity (Wildman–Crippen MR) is 60.6 cm³/mol. The van der Waals surface area contributed by atoms with Crippen molar-refractivity contribution in [2.75, 3.05) is 0 Å². The number of aromatic carboxylic acids is 1. The third kappa shape index (κ3) is 1.84. The summed E-state index contributed by atoms with van der Waals surface area (Å²) in [4.78, 5) is 26.1. The number of fused-ring (bicyclic) bond motifs is 1. The van der Waals surface area contributed by atoms with Gasteiger partial charge in [-0.25, -0.2) is 9.78 Å². The average Bonchev–Trinajstić information content (AvgIpc) is 2.54.